The molecule has 0 saturated carbocycles. The van der Waals surface area contributed by atoms with E-state index in [9.17, 15) is 8.42 Å². The number of rotatable bonds is 7. The van der Waals surface area contributed by atoms with Gasteiger partial charge in [0.15, 0.2) is 5.82 Å². The first-order valence-electron chi connectivity index (χ1n) is 9.65. The summed E-state index contributed by atoms with van der Waals surface area (Å²) in [7, 11) is -2.20. The summed E-state index contributed by atoms with van der Waals surface area (Å²) in [5.41, 5.74) is 2.44. The van der Waals surface area contributed by atoms with Gasteiger partial charge in [-0.1, -0.05) is 29.4 Å². The number of nitrogens with zero attached hydrogens (tertiary/aromatic N) is 3. The van der Waals surface area contributed by atoms with Crippen molar-refractivity contribution >= 4 is 38.1 Å². The molecule has 5 aromatic rings. The Morgan fingerprint density at radius 3 is 2.62 bits per heavy atom. The van der Waals surface area contributed by atoms with Crippen LogP contribution in [-0.4, -0.2) is 30.5 Å². The largest absolute Gasteiger partial charge is 0.497 e. The monoisotopic (exact) mass is 466 g/mol. The number of aromatic nitrogens is 3. The van der Waals surface area contributed by atoms with Gasteiger partial charge in [-0.25, -0.2) is 8.42 Å². The summed E-state index contributed by atoms with van der Waals surface area (Å²) in [6, 6.07) is 20.1. The van der Waals surface area contributed by atoms with Crippen molar-refractivity contribution in [3.05, 3.63) is 78.6 Å². The first-order valence-corrected chi connectivity index (χ1v) is 12.0. The Kier molecular flexibility index (Phi) is 5.16. The van der Waals surface area contributed by atoms with Crippen LogP contribution in [0.15, 0.2) is 81.7 Å². The molecule has 0 bridgehead atoms. The van der Waals surface area contributed by atoms with Crippen LogP contribution in [0.4, 0.5) is 5.82 Å². The molecule has 0 atom stereocenters. The Bertz CT molecular complexity index is 1470. The van der Waals surface area contributed by atoms with Crippen LogP contribution >= 0.6 is 11.3 Å². The van der Waals surface area contributed by atoms with Crippen molar-refractivity contribution in [1.82, 2.24) is 14.9 Å². The molecule has 0 radical (unpaired) electrons. The van der Waals surface area contributed by atoms with Gasteiger partial charge >= 0.3 is 0 Å². The van der Waals surface area contributed by atoms with Gasteiger partial charge in [0.05, 0.1) is 24.0 Å². The highest BCUT2D eigenvalue weighted by Gasteiger charge is 2.21. The summed E-state index contributed by atoms with van der Waals surface area (Å²) in [5.74, 6) is 1.05. The zero-order chi connectivity index (χ0) is 22.1. The van der Waals surface area contributed by atoms with Gasteiger partial charge in [0, 0.05) is 11.5 Å². The molecule has 0 unspecified atom stereocenters. The zero-order valence-electron chi connectivity index (χ0n) is 16.9. The minimum atomic E-state index is -3.83. The van der Waals surface area contributed by atoms with Crippen molar-refractivity contribution in [2.45, 2.75) is 10.8 Å². The summed E-state index contributed by atoms with van der Waals surface area (Å²) in [6.07, 6.45) is 1.45. The van der Waals surface area contributed by atoms with E-state index in [0.29, 0.717) is 17.1 Å². The third-order valence-electron chi connectivity index (χ3n) is 4.92. The smallest absolute Gasteiger partial charge is 0.272 e. The van der Waals surface area contributed by atoms with Gasteiger partial charge in [0.1, 0.15) is 21.9 Å². The van der Waals surface area contributed by atoms with Crippen LogP contribution in [0, 0.1) is 0 Å². The standard InChI is InChI=1S/C22H18N4O4S2/c1-29-16-8-6-15(7-9-16)14-26-19-5-3-2-4-17(19)22(23-26)25-32(27,28)21-11-10-20(31-21)18-12-13-30-24-18/h2-13H,14H2,1H3,(H,23,25). The lowest BCUT2D eigenvalue weighted by Gasteiger charge is -2.05. The van der Waals surface area contributed by atoms with Crippen LogP contribution in [-0.2, 0) is 16.6 Å². The van der Waals surface area contributed by atoms with E-state index >= 15 is 0 Å². The van der Waals surface area contributed by atoms with Crippen molar-refractivity contribution in [2.24, 2.45) is 0 Å². The van der Waals surface area contributed by atoms with Gasteiger partial charge in [-0.05, 0) is 42.0 Å². The molecular weight excluding hydrogens is 448 g/mol. The fourth-order valence-corrected chi connectivity index (χ4v) is 5.63. The summed E-state index contributed by atoms with van der Waals surface area (Å²) in [5, 5.41) is 9.14. The molecule has 2 aromatic carbocycles. The third-order valence-corrected chi connectivity index (χ3v) is 7.86. The molecule has 8 nitrogen and oxygen atoms in total. The van der Waals surface area contributed by atoms with E-state index < -0.39 is 10.0 Å². The van der Waals surface area contributed by atoms with E-state index in [0.717, 1.165) is 33.6 Å². The predicted molar refractivity (Wildman–Crippen MR) is 122 cm³/mol. The minimum absolute atomic E-state index is 0.171. The van der Waals surface area contributed by atoms with E-state index in [2.05, 4.69) is 15.0 Å². The van der Waals surface area contributed by atoms with E-state index in [1.165, 1.54) is 6.26 Å². The minimum Gasteiger partial charge on any atom is -0.497 e. The van der Waals surface area contributed by atoms with Crippen LogP contribution < -0.4 is 9.46 Å². The number of thiophene rings is 1. The molecule has 3 heterocycles. The van der Waals surface area contributed by atoms with E-state index in [-0.39, 0.29) is 10.0 Å². The number of nitrogens with one attached hydrogen (secondary N) is 1. The summed E-state index contributed by atoms with van der Waals surface area (Å²) < 4.78 is 40.8. The molecule has 0 saturated heterocycles. The fourth-order valence-electron chi connectivity index (χ4n) is 3.35. The van der Waals surface area contributed by atoms with Crippen molar-refractivity contribution in [2.75, 3.05) is 11.8 Å². The van der Waals surface area contributed by atoms with E-state index in [1.54, 1.807) is 30.0 Å². The number of hydrogen-bond acceptors (Lipinski definition) is 7. The van der Waals surface area contributed by atoms with Gasteiger partial charge < -0.3 is 9.26 Å². The van der Waals surface area contributed by atoms with Crippen LogP contribution in [0.1, 0.15) is 5.56 Å². The molecule has 0 aliphatic heterocycles. The normalized spacial score (nSPS) is 11.7. The second-order valence-corrected chi connectivity index (χ2v) is 9.97. The zero-order valence-corrected chi connectivity index (χ0v) is 18.6. The Balaban J connectivity index is 1.46. The van der Waals surface area contributed by atoms with Crippen molar-refractivity contribution in [1.29, 1.82) is 0 Å². The fraction of sp³-hybridized carbons (Fsp3) is 0.0909. The molecule has 32 heavy (non-hydrogen) atoms. The van der Waals surface area contributed by atoms with Crippen LogP contribution in [0.3, 0.4) is 0 Å². The molecule has 5 rings (SSSR count). The number of benzene rings is 2. The number of hydrogen-bond donors (Lipinski definition) is 1. The van der Waals surface area contributed by atoms with Gasteiger partial charge in [-0.2, -0.15) is 5.10 Å². The first-order chi connectivity index (χ1) is 15.5. The summed E-state index contributed by atoms with van der Waals surface area (Å²) >= 11 is 1.12. The van der Waals surface area contributed by atoms with Gasteiger partial charge in [0.2, 0.25) is 0 Å². The second-order valence-electron chi connectivity index (χ2n) is 6.98. The Hall–Kier alpha value is -3.63. The second kappa shape index (κ2) is 8.13. The summed E-state index contributed by atoms with van der Waals surface area (Å²) in [6.45, 7) is 0.488. The highest BCUT2D eigenvalue weighted by atomic mass is 32.2. The van der Waals surface area contributed by atoms with Crippen molar-refractivity contribution in [3.63, 3.8) is 0 Å². The summed E-state index contributed by atoms with van der Waals surface area (Å²) in [4.78, 5) is 0.703. The number of methoxy groups -OCH3 is 1. The van der Waals surface area contributed by atoms with Gasteiger partial charge in [-0.15, -0.1) is 11.3 Å². The lowest BCUT2D eigenvalue weighted by atomic mass is 10.2. The number of para-hydroxylation sites is 1. The van der Waals surface area contributed by atoms with E-state index in [4.69, 9.17) is 9.26 Å². The molecule has 0 aliphatic carbocycles. The maximum Gasteiger partial charge on any atom is 0.272 e. The van der Waals surface area contributed by atoms with Crippen molar-refractivity contribution < 1.29 is 17.7 Å². The number of fused-ring (bicyclic) bond motifs is 1. The average Bonchev–Trinajstić information content (AvgIpc) is 3.55. The maximum absolute atomic E-state index is 13.1. The lowest BCUT2D eigenvalue weighted by molar-refractivity contribution is 0.414. The topological polar surface area (TPSA) is 99.2 Å². The molecule has 0 spiro atoms. The van der Waals surface area contributed by atoms with Crippen LogP contribution in [0.25, 0.3) is 21.5 Å². The number of ether oxygens (including phenoxy) is 1. The quantitative estimate of drug-likeness (QED) is 0.376. The SMILES string of the molecule is COc1ccc(Cn2nc(NS(=O)(=O)c3ccc(-c4ccon4)s3)c3ccccc32)cc1. The molecule has 3 aromatic heterocycles. The van der Waals surface area contributed by atoms with E-state index in [1.807, 2.05) is 48.5 Å². The molecule has 0 fully saturated rings. The predicted octanol–water partition coefficient (Wildman–Crippen LogP) is 4.61. The van der Waals surface area contributed by atoms with Gasteiger partial charge in [-0.3, -0.25) is 9.40 Å². The number of anilines is 1. The molecule has 0 aliphatic rings. The maximum atomic E-state index is 13.1. The Morgan fingerprint density at radius 2 is 1.88 bits per heavy atom. The third kappa shape index (κ3) is 3.85. The molecule has 162 valence electrons. The number of sulfonamides is 1. The van der Waals surface area contributed by atoms with Crippen molar-refractivity contribution in [3.8, 4) is 16.3 Å². The van der Waals surface area contributed by atoms with Gasteiger partial charge in [0.25, 0.3) is 10.0 Å². The average molecular weight is 467 g/mol. The first kappa shape index (κ1) is 20.3. The van der Waals surface area contributed by atoms with Crippen LogP contribution in [0.2, 0.25) is 0 Å². The molecular formula is C22H18N4O4S2. The lowest BCUT2D eigenvalue weighted by Crippen LogP contribution is -2.12. The molecule has 10 heteroatoms. The molecule has 1 N–H and O–H groups in total. The Labute approximate surface area is 188 Å². The highest BCUT2D eigenvalue weighted by molar-refractivity contribution is 7.94. The Morgan fingerprint density at radius 1 is 1.06 bits per heavy atom. The molecule has 0 amide bonds. The highest BCUT2D eigenvalue weighted by Crippen LogP contribution is 2.32. The van der Waals surface area contributed by atoms with Crippen LogP contribution in [0.5, 0.6) is 5.75 Å².